The summed E-state index contributed by atoms with van der Waals surface area (Å²) in [5, 5.41) is 0. The second-order valence-electron chi connectivity index (χ2n) is 9.44. The first-order chi connectivity index (χ1) is 13.4. The zero-order valence-corrected chi connectivity index (χ0v) is 19.1. The van der Waals surface area contributed by atoms with E-state index in [1.165, 1.54) is 11.0 Å². The SMILES string of the molecule is CCCCC(C(=O)C(C)(C)C)C(C)(C)C(=O)N(CCCC)c1ccc(F)cc1F. The molecular weight excluding hydrogens is 372 g/mol. The van der Waals surface area contributed by atoms with Gasteiger partial charge < -0.3 is 4.90 Å². The summed E-state index contributed by atoms with van der Waals surface area (Å²) in [6.45, 7) is 13.5. The maximum Gasteiger partial charge on any atom is 0.233 e. The van der Waals surface area contributed by atoms with Crippen LogP contribution in [0.25, 0.3) is 0 Å². The second kappa shape index (κ2) is 10.3. The van der Waals surface area contributed by atoms with Crippen molar-refractivity contribution in [3.63, 3.8) is 0 Å². The van der Waals surface area contributed by atoms with E-state index in [9.17, 15) is 18.4 Å². The zero-order chi connectivity index (χ0) is 22.4. The van der Waals surface area contributed by atoms with Crippen LogP contribution in [0.2, 0.25) is 0 Å². The molecule has 0 saturated carbocycles. The maximum atomic E-state index is 14.5. The van der Waals surface area contributed by atoms with E-state index in [2.05, 4.69) is 6.92 Å². The summed E-state index contributed by atoms with van der Waals surface area (Å²) < 4.78 is 27.9. The van der Waals surface area contributed by atoms with Gasteiger partial charge in [-0.05, 0) is 25.0 Å². The molecule has 0 aliphatic rings. The summed E-state index contributed by atoms with van der Waals surface area (Å²) in [5.74, 6) is -2.17. The lowest BCUT2D eigenvalue weighted by atomic mass is 9.67. The molecule has 0 N–H and O–H groups in total. The van der Waals surface area contributed by atoms with Crippen LogP contribution in [0, 0.1) is 28.4 Å². The minimum atomic E-state index is -1.01. The van der Waals surface area contributed by atoms with Gasteiger partial charge in [-0.15, -0.1) is 0 Å². The number of unbranched alkanes of at least 4 members (excludes halogenated alkanes) is 2. The molecule has 0 aliphatic carbocycles. The minimum absolute atomic E-state index is 0.0410. The van der Waals surface area contributed by atoms with E-state index < -0.39 is 28.4 Å². The van der Waals surface area contributed by atoms with Crippen molar-refractivity contribution in [1.82, 2.24) is 0 Å². The molecule has 0 spiro atoms. The molecule has 1 rings (SSSR count). The molecule has 0 saturated heterocycles. The van der Waals surface area contributed by atoms with Crippen LogP contribution in [0.3, 0.4) is 0 Å². The highest BCUT2D eigenvalue weighted by Crippen LogP contribution is 2.39. The van der Waals surface area contributed by atoms with Gasteiger partial charge in [-0.2, -0.15) is 0 Å². The van der Waals surface area contributed by atoms with E-state index in [-0.39, 0.29) is 17.4 Å². The lowest BCUT2D eigenvalue weighted by Gasteiger charge is -2.39. The first-order valence-electron chi connectivity index (χ1n) is 10.7. The predicted octanol–water partition coefficient (Wildman–Crippen LogP) is 6.55. The van der Waals surface area contributed by atoms with Crippen LogP contribution in [0.5, 0.6) is 0 Å². The number of carbonyl (C=O) groups is 2. The Kier molecular flexibility index (Phi) is 8.98. The third-order valence-electron chi connectivity index (χ3n) is 5.51. The Hall–Kier alpha value is -1.78. The van der Waals surface area contributed by atoms with E-state index in [0.717, 1.165) is 31.4 Å². The van der Waals surface area contributed by atoms with Gasteiger partial charge in [-0.3, -0.25) is 9.59 Å². The molecule has 5 heteroatoms. The normalized spacial score (nSPS) is 13.3. The molecule has 0 heterocycles. The van der Waals surface area contributed by atoms with E-state index in [1.54, 1.807) is 13.8 Å². The number of anilines is 1. The quantitative estimate of drug-likeness (QED) is 0.440. The number of hydrogen-bond donors (Lipinski definition) is 0. The molecule has 164 valence electrons. The Balaban J connectivity index is 3.39. The molecule has 0 radical (unpaired) electrons. The van der Waals surface area contributed by atoms with Gasteiger partial charge in [0.25, 0.3) is 0 Å². The number of hydrogen-bond acceptors (Lipinski definition) is 2. The fourth-order valence-corrected chi connectivity index (χ4v) is 3.60. The van der Waals surface area contributed by atoms with Crippen molar-refractivity contribution in [3.05, 3.63) is 29.8 Å². The molecule has 3 nitrogen and oxygen atoms in total. The van der Waals surface area contributed by atoms with Gasteiger partial charge in [0.05, 0.1) is 11.1 Å². The topological polar surface area (TPSA) is 37.4 Å². The molecule has 0 fully saturated rings. The fraction of sp³-hybridized carbons (Fsp3) is 0.667. The molecular formula is C24H37F2NO2. The Morgan fingerprint density at radius 1 is 1.00 bits per heavy atom. The Morgan fingerprint density at radius 3 is 2.07 bits per heavy atom. The van der Waals surface area contributed by atoms with Gasteiger partial charge in [0, 0.05) is 23.9 Å². The molecule has 1 aromatic carbocycles. The number of nitrogens with zero attached hydrogens (tertiary/aromatic N) is 1. The van der Waals surface area contributed by atoms with Crippen molar-refractivity contribution < 1.29 is 18.4 Å². The monoisotopic (exact) mass is 409 g/mol. The van der Waals surface area contributed by atoms with Crippen molar-refractivity contribution in [3.8, 4) is 0 Å². The Bertz CT molecular complexity index is 707. The predicted molar refractivity (Wildman–Crippen MR) is 115 cm³/mol. The summed E-state index contributed by atoms with van der Waals surface area (Å²) in [7, 11) is 0. The van der Waals surface area contributed by atoms with Crippen molar-refractivity contribution >= 4 is 17.4 Å². The lowest BCUT2D eigenvalue weighted by Crippen LogP contribution is -2.49. The van der Waals surface area contributed by atoms with Crippen LogP contribution >= 0.6 is 0 Å². The standard InChI is InChI=1S/C24H37F2NO2/c1-8-10-12-18(21(28)23(3,4)5)24(6,7)22(29)27(15-11-9-2)20-14-13-17(25)16-19(20)26/h13-14,16,18H,8-12,15H2,1-7H3. The molecule has 29 heavy (non-hydrogen) atoms. The number of Topliss-reactive ketones (excluding diaryl/α,β-unsaturated/α-hetero) is 1. The second-order valence-corrected chi connectivity index (χ2v) is 9.44. The summed E-state index contributed by atoms with van der Waals surface area (Å²) in [5.41, 5.74) is -1.52. The van der Waals surface area contributed by atoms with Gasteiger partial charge in [-0.1, -0.05) is 67.7 Å². The molecule has 0 aromatic heterocycles. The lowest BCUT2D eigenvalue weighted by molar-refractivity contribution is -0.142. The zero-order valence-electron chi connectivity index (χ0n) is 19.1. The first-order valence-corrected chi connectivity index (χ1v) is 10.7. The van der Waals surface area contributed by atoms with Crippen LogP contribution in [-0.2, 0) is 9.59 Å². The van der Waals surface area contributed by atoms with Gasteiger partial charge in [0.2, 0.25) is 5.91 Å². The van der Waals surface area contributed by atoms with Crippen LogP contribution in [0.4, 0.5) is 14.5 Å². The van der Waals surface area contributed by atoms with Gasteiger partial charge in [-0.25, -0.2) is 8.78 Å². The number of ketones is 1. The van der Waals surface area contributed by atoms with Crippen LogP contribution in [0.15, 0.2) is 18.2 Å². The van der Waals surface area contributed by atoms with Gasteiger partial charge >= 0.3 is 0 Å². The maximum absolute atomic E-state index is 14.5. The van der Waals surface area contributed by atoms with Gasteiger partial charge in [0.15, 0.2) is 0 Å². The number of rotatable bonds is 10. The van der Waals surface area contributed by atoms with Crippen LogP contribution in [0.1, 0.15) is 80.6 Å². The first kappa shape index (κ1) is 25.3. The van der Waals surface area contributed by atoms with Crippen LogP contribution < -0.4 is 4.90 Å². The average Bonchev–Trinajstić information content (AvgIpc) is 2.62. The molecule has 0 bridgehead atoms. The average molecular weight is 410 g/mol. The Morgan fingerprint density at radius 2 is 1.59 bits per heavy atom. The molecule has 0 aliphatic heterocycles. The Labute approximate surface area is 174 Å². The molecule has 1 aromatic rings. The summed E-state index contributed by atoms with van der Waals surface area (Å²) >= 11 is 0. The van der Waals surface area contributed by atoms with Crippen molar-refractivity contribution in [2.24, 2.45) is 16.7 Å². The van der Waals surface area contributed by atoms with Crippen molar-refractivity contribution in [2.45, 2.75) is 80.6 Å². The number of carbonyl (C=O) groups excluding carboxylic acids is 2. The van der Waals surface area contributed by atoms with Crippen molar-refractivity contribution in [1.29, 1.82) is 0 Å². The highest BCUT2D eigenvalue weighted by Gasteiger charge is 2.46. The van der Waals surface area contributed by atoms with E-state index in [0.29, 0.717) is 19.4 Å². The third kappa shape index (κ3) is 6.35. The number of amides is 1. The smallest absolute Gasteiger partial charge is 0.233 e. The van der Waals surface area contributed by atoms with Crippen LogP contribution in [-0.4, -0.2) is 18.2 Å². The summed E-state index contributed by atoms with van der Waals surface area (Å²) in [6.07, 6.45) is 3.88. The van der Waals surface area contributed by atoms with E-state index in [1.807, 2.05) is 27.7 Å². The highest BCUT2D eigenvalue weighted by atomic mass is 19.1. The molecule has 1 amide bonds. The van der Waals surface area contributed by atoms with E-state index >= 15 is 0 Å². The molecule has 1 unspecified atom stereocenters. The minimum Gasteiger partial charge on any atom is -0.309 e. The number of benzene rings is 1. The van der Waals surface area contributed by atoms with Gasteiger partial charge in [0.1, 0.15) is 17.4 Å². The summed E-state index contributed by atoms with van der Waals surface area (Å²) in [4.78, 5) is 28.3. The van der Waals surface area contributed by atoms with E-state index in [4.69, 9.17) is 0 Å². The fourth-order valence-electron chi connectivity index (χ4n) is 3.60. The summed E-state index contributed by atoms with van der Waals surface area (Å²) in [6, 6.07) is 3.26. The molecule has 1 atom stereocenters. The van der Waals surface area contributed by atoms with Crippen molar-refractivity contribution in [2.75, 3.05) is 11.4 Å². The third-order valence-corrected chi connectivity index (χ3v) is 5.51. The number of halogens is 2. The largest absolute Gasteiger partial charge is 0.309 e. The highest BCUT2D eigenvalue weighted by molar-refractivity contribution is 6.01.